The van der Waals surface area contributed by atoms with Gasteiger partial charge in [-0.05, 0) is 23.0 Å². The first kappa shape index (κ1) is 6.11. The molecule has 0 aromatic rings. The van der Waals surface area contributed by atoms with E-state index in [1.54, 1.807) is 0 Å². The van der Waals surface area contributed by atoms with Crippen molar-refractivity contribution >= 4 is 5.91 Å². The number of hydrogen-bond acceptors (Lipinski definition) is 1. The topological polar surface area (TPSA) is 65.8 Å². The minimum atomic E-state index is -0.301. The van der Waals surface area contributed by atoms with Gasteiger partial charge in [-0.25, -0.2) is 0 Å². The zero-order chi connectivity index (χ0) is 6.85. The molecule has 0 radical (unpaired) electrons. The number of nitrogens with zero attached hydrogens (tertiary/aromatic N) is 3. The van der Waals surface area contributed by atoms with Crippen LogP contribution < -0.4 is 0 Å². The van der Waals surface area contributed by atoms with Crippen LogP contribution >= 0.6 is 0 Å². The van der Waals surface area contributed by atoms with Gasteiger partial charge in [-0.2, -0.15) is 0 Å². The van der Waals surface area contributed by atoms with Gasteiger partial charge in [0.25, 0.3) is 0 Å². The van der Waals surface area contributed by atoms with Gasteiger partial charge in [-0.1, -0.05) is 6.92 Å². The van der Waals surface area contributed by atoms with E-state index in [1.165, 1.54) is 0 Å². The van der Waals surface area contributed by atoms with E-state index in [-0.39, 0.29) is 11.8 Å². The smallest absolute Gasteiger partial charge is 0.222 e. The molecule has 0 saturated heterocycles. The van der Waals surface area contributed by atoms with Crippen molar-refractivity contribution in [1.29, 1.82) is 0 Å². The fraction of sp³-hybridized carbons (Fsp3) is 0.800. The molecule has 48 valence electrons. The Morgan fingerprint density at radius 3 is 2.78 bits per heavy atom. The number of carbonyl (C=O) groups excluding carboxylic acids is 1. The number of rotatable bonds is 1. The number of carbonyl (C=O) groups is 1. The van der Waals surface area contributed by atoms with Gasteiger partial charge in [-0.15, -0.1) is 0 Å². The van der Waals surface area contributed by atoms with Crippen molar-refractivity contribution < 1.29 is 4.79 Å². The molecule has 1 saturated carbocycles. The van der Waals surface area contributed by atoms with E-state index in [0.717, 1.165) is 6.42 Å². The monoisotopic (exact) mass is 125 g/mol. The van der Waals surface area contributed by atoms with Crippen molar-refractivity contribution in [2.24, 2.45) is 17.0 Å². The van der Waals surface area contributed by atoms with Gasteiger partial charge in [0, 0.05) is 10.8 Å². The minimum absolute atomic E-state index is 0.0286. The molecule has 0 heterocycles. The number of amides is 1. The van der Waals surface area contributed by atoms with Crippen molar-refractivity contribution in [1.82, 2.24) is 0 Å². The normalized spacial score (nSPS) is 30.8. The van der Waals surface area contributed by atoms with Crippen LogP contribution in [0.3, 0.4) is 0 Å². The number of azide groups is 1. The Balaban J connectivity index is 2.45. The molecule has 1 amide bonds. The molecule has 4 nitrogen and oxygen atoms in total. The standard InChI is InChI=1S/C5H7N3O/c1-3-2-4(3)5(9)7-8-6/h3-4H,2H2,1H3/t3-,4-/m0/s1. The molecule has 0 aromatic heterocycles. The summed E-state index contributed by atoms with van der Waals surface area (Å²) in [6, 6.07) is 0. The first-order valence-electron chi connectivity index (χ1n) is 2.84. The second kappa shape index (κ2) is 2.07. The highest BCUT2D eigenvalue weighted by Crippen LogP contribution is 2.38. The predicted molar refractivity (Wildman–Crippen MR) is 31.4 cm³/mol. The van der Waals surface area contributed by atoms with E-state index in [2.05, 4.69) is 10.0 Å². The van der Waals surface area contributed by atoms with Crippen molar-refractivity contribution in [3.63, 3.8) is 0 Å². The lowest BCUT2D eigenvalue weighted by Crippen LogP contribution is -1.94. The zero-order valence-corrected chi connectivity index (χ0v) is 5.11. The first-order chi connectivity index (χ1) is 4.25. The van der Waals surface area contributed by atoms with Crippen molar-refractivity contribution in [3.8, 4) is 0 Å². The first-order valence-corrected chi connectivity index (χ1v) is 2.84. The molecule has 0 unspecified atom stereocenters. The molecule has 9 heavy (non-hydrogen) atoms. The molecular formula is C5H7N3O. The molecule has 1 fully saturated rings. The summed E-state index contributed by atoms with van der Waals surface area (Å²) < 4.78 is 0. The minimum Gasteiger partial charge on any atom is -0.292 e. The summed E-state index contributed by atoms with van der Waals surface area (Å²) in [5.74, 6) is 0.161. The van der Waals surface area contributed by atoms with Crippen LogP contribution in [0.1, 0.15) is 13.3 Å². The van der Waals surface area contributed by atoms with Crippen LogP contribution in [-0.4, -0.2) is 5.91 Å². The summed E-state index contributed by atoms with van der Waals surface area (Å²) in [5.41, 5.74) is 7.84. The molecule has 1 aliphatic carbocycles. The summed E-state index contributed by atoms with van der Waals surface area (Å²) >= 11 is 0. The third kappa shape index (κ3) is 1.21. The van der Waals surface area contributed by atoms with E-state index < -0.39 is 0 Å². The Bertz CT molecular complexity index is 183. The van der Waals surface area contributed by atoms with Gasteiger partial charge in [0.05, 0.1) is 0 Å². The second-order valence-corrected chi connectivity index (χ2v) is 2.35. The molecule has 2 atom stereocenters. The third-order valence-electron chi connectivity index (χ3n) is 1.57. The van der Waals surface area contributed by atoms with Gasteiger partial charge in [0.1, 0.15) is 0 Å². The average molecular weight is 125 g/mol. The van der Waals surface area contributed by atoms with Gasteiger partial charge in [-0.3, -0.25) is 4.79 Å². The van der Waals surface area contributed by atoms with Crippen LogP contribution in [0.25, 0.3) is 10.4 Å². The highest BCUT2D eigenvalue weighted by atomic mass is 16.2. The van der Waals surface area contributed by atoms with Gasteiger partial charge in [0.2, 0.25) is 5.91 Å². The predicted octanol–water partition coefficient (Wildman–Crippen LogP) is 1.48. The van der Waals surface area contributed by atoms with Crippen LogP contribution in [0.15, 0.2) is 5.11 Å². The highest BCUT2D eigenvalue weighted by molar-refractivity contribution is 5.82. The molecule has 0 spiro atoms. The van der Waals surface area contributed by atoms with Crippen LogP contribution in [0.4, 0.5) is 0 Å². The number of hydrogen-bond donors (Lipinski definition) is 0. The molecule has 0 bridgehead atoms. The van der Waals surface area contributed by atoms with Crippen LogP contribution in [0, 0.1) is 11.8 Å². The Kier molecular flexibility index (Phi) is 1.40. The Hall–Kier alpha value is -1.02. The average Bonchev–Trinajstić information content (AvgIpc) is 2.47. The maximum Gasteiger partial charge on any atom is 0.222 e. The van der Waals surface area contributed by atoms with E-state index >= 15 is 0 Å². The molecule has 0 aromatic carbocycles. The summed E-state index contributed by atoms with van der Waals surface area (Å²) in [7, 11) is 0. The highest BCUT2D eigenvalue weighted by Gasteiger charge is 2.38. The van der Waals surface area contributed by atoms with E-state index in [9.17, 15) is 4.79 Å². The van der Waals surface area contributed by atoms with Crippen LogP contribution in [0.5, 0.6) is 0 Å². The fourth-order valence-corrected chi connectivity index (χ4v) is 0.784. The van der Waals surface area contributed by atoms with Gasteiger partial charge >= 0.3 is 0 Å². The Morgan fingerprint density at radius 2 is 2.44 bits per heavy atom. The van der Waals surface area contributed by atoms with Crippen molar-refractivity contribution in [3.05, 3.63) is 10.4 Å². The van der Waals surface area contributed by atoms with Gasteiger partial charge < -0.3 is 0 Å². The molecule has 1 aliphatic rings. The van der Waals surface area contributed by atoms with E-state index in [1.807, 2.05) is 6.92 Å². The summed E-state index contributed by atoms with van der Waals surface area (Å²) in [6.07, 6.45) is 0.887. The van der Waals surface area contributed by atoms with Crippen molar-refractivity contribution in [2.75, 3.05) is 0 Å². The molecule has 1 rings (SSSR count). The van der Waals surface area contributed by atoms with Gasteiger partial charge in [0.15, 0.2) is 0 Å². The maximum atomic E-state index is 10.6. The second-order valence-electron chi connectivity index (χ2n) is 2.35. The summed E-state index contributed by atoms with van der Waals surface area (Å²) in [5, 5.41) is 2.98. The fourth-order valence-electron chi connectivity index (χ4n) is 0.784. The van der Waals surface area contributed by atoms with Crippen LogP contribution in [-0.2, 0) is 4.79 Å². The van der Waals surface area contributed by atoms with Crippen LogP contribution in [0.2, 0.25) is 0 Å². The Labute approximate surface area is 52.5 Å². The lowest BCUT2D eigenvalue weighted by molar-refractivity contribution is -0.119. The zero-order valence-electron chi connectivity index (χ0n) is 5.11. The molecule has 0 aliphatic heterocycles. The third-order valence-corrected chi connectivity index (χ3v) is 1.57. The largest absolute Gasteiger partial charge is 0.292 e. The molecule has 4 heteroatoms. The quantitative estimate of drug-likeness (QED) is 0.297. The lowest BCUT2D eigenvalue weighted by Gasteiger charge is -1.81. The Morgan fingerprint density at radius 1 is 1.89 bits per heavy atom. The summed E-state index contributed by atoms with van der Waals surface area (Å²) in [6.45, 7) is 1.97. The van der Waals surface area contributed by atoms with E-state index in [0.29, 0.717) is 5.92 Å². The SMILES string of the molecule is C[C@H]1C[C@@H]1C(=O)N=[N+]=[N-]. The molecular weight excluding hydrogens is 118 g/mol. The summed E-state index contributed by atoms with van der Waals surface area (Å²) in [4.78, 5) is 13.0. The lowest BCUT2D eigenvalue weighted by atomic mass is 10.3. The maximum absolute atomic E-state index is 10.6. The van der Waals surface area contributed by atoms with Crippen molar-refractivity contribution in [2.45, 2.75) is 13.3 Å². The molecule has 0 N–H and O–H groups in total. The van der Waals surface area contributed by atoms with E-state index in [4.69, 9.17) is 5.53 Å².